The van der Waals surface area contributed by atoms with Gasteiger partial charge in [0.1, 0.15) is 6.04 Å². The maximum atomic E-state index is 11.8. The third-order valence-corrected chi connectivity index (χ3v) is 2.88. The van der Waals surface area contributed by atoms with Crippen molar-refractivity contribution in [3.8, 4) is 0 Å². The van der Waals surface area contributed by atoms with Gasteiger partial charge in [-0.1, -0.05) is 27.5 Å². The summed E-state index contributed by atoms with van der Waals surface area (Å²) in [5.74, 6) is -0.924. The second-order valence-corrected chi connectivity index (χ2v) is 4.67. The van der Waals surface area contributed by atoms with E-state index in [2.05, 4.69) is 26.0 Å². The van der Waals surface area contributed by atoms with E-state index in [-0.39, 0.29) is 0 Å². The summed E-state index contributed by atoms with van der Waals surface area (Å²) < 4.78 is 5.28. The van der Waals surface area contributed by atoms with E-state index in [1.807, 2.05) is 0 Å². The molecule has 1 unspecified atom stereocenters. The van der Waals surface area contributed by atoms with Gasteiger partial charge in [-0.2, -0.15) is 0 Å². The van der Waals surface area contributed by atoms with Gasteiger partial charge in [0.2, 0.25) is 0 Å². The lowest BCUT2D eigenvalue weighted by atomic mass is 10.2. The molecule has 0 aliphatic carbocycles. The first-order chi connectivity index (χ1) is 7.95. The molecule has 0 aliphatic heterocycles. The lowest BCUT2D eigenvalue weighted by molar-refractivity contribution is -0.142. The van der Waals surface area contributed by atoms with Gasteiger partial charge in [0.05, 0.1) is 17.7 Å². The largest absolute Gasteiger partial charge is 0.467 e. The highest BCUT2D eigenvalue weighted by Gasteiger charge is 2.18. The maximum absolute atomic E-state index is 11.8. The summed E-state index contributed by atoms with van der Waals surface area (Å²) in [7, 11) is 1.26. The van der Waals surface area contributed by atoms with E-state index in [0.717, 1.165) is 4.47 Å². The number of hydrogen-bond donors (Lipinski definition) is 1. The predicted molar refractivity (Wildman–Crippen MR) is 68.1 cm³/mol. The normalized spacial score (nSPS) is 11.8. The van der Waals surface area contributed by atoms with Crippen LogP contribution in [0.3, 0.4) is 0 Å². The Morgan fingerprint density at radius 3 is 2.65 bits per heavy atom. The molecule has 17 heavy (non-hydrogen) atoms. The van der Waals surface area contributed by atoms with Gasteiger partial charge in [0, 0.05) is 4.47 Å². The van der Waals surface area contributed by atoms with Crippen LogP contribution < -0.4 is 5.32 Å². The predicted octanol–water partition coefficient (Wildman–Crippen LogP) is 2.39. The van der Waals surface area contributed by atoms with Crippen molar-refractivity contribution in [2.45, 2.75) is 13.0 Å². The minimum Gasteiger partial charge on any atom is -0.467 e. The number of ether oxygens (including phenoxy) is 1. The first-order valence-corrected chi connectivity index (χ1v) is 5.96. The molecule has 1 rings (SSSR count). The molecule has 4 nitrogen and oxygen atoms in total. The van der Waals surface area contributed by atoms with Crippen LogP contribution in [0.5, 0.6) is 0 Å². The monoisotopic (exact) mass is 319 g/mol. The van der Waals surface area contributed by atoms with Crippen molar-refractivity contribution < 1.29 is 14.3 Å². The van der Waals surface area contributed by atoms with Crippen LogP contribution in [0.2, 0.25) is 5.02 Å². The van der Waals surface area contributed by atoms with Gasteiger partial charge in [-0.15, -0.1) is 0 Å². The van der Waals surface area contributed by atoms with E-state index in [1.54, 1.807) is 18.2 Å². The Bertz CT molecular complexity index is 450. The molecule has 1 aromatic carbocycles. The third kappa shape index (κ3) is 3.71. The van der Waals surface area contributed by atoms with Gasteiger partial charge in [-0.05, 0) is 25.1 Å². The van der Waals surface area contributed by atoms with Crippen LogP contribution in [0.15, 0.2) is 22.7 Å². The van der Waals surface area contributed by atoms with E-state index < -0.39 is 17.9 Å². The van der Waals surface area contributed by atoms with E-state index in [4.69, 9.17) is 11.6 Å². The van der Waals surface area contributed by atoms with Crippen molar-refractivity contribution >= 4 is 39.4 Å². The Morgan fingerprint density at radius 1 is 1.47 bits per heavy atom. The zero-order valence-corrected chi connectivity index (χ0v) is 11.6. The highest BCUT2D eigenvalue weighted by molar-refractivity contribution is 9.10. The Kier molecular flexibility index (Phi) is 4.96. The number of rotatable bonds is 3. The van der Waals surface area contributed by atoms with Gasteiger partial charge < -0.3 is 10.1 Å². The standard InChI is InChI=1S/C11H11BrClNO3/c1-6(11(16)17-2)14-10(15)8-4-3-7(12)5-9(8)13/h3-6H,1-2H3,(H,14,15). The van der Waals surface area contributed by atoms with Gasteiger partial charge in [-0.25, -0.2) is 4.79 Å². The molecule has 0 aromatic heterocycles. The molecule has 6 heteroatoms. The lowest BCUT2D eigenvalue weighted by Gasteiger charge is -2.12. The number of nitrogens with one attached hydrogen (secondary N) is 1. The van der Waals surface area contributed by atoms with Crippen molar-refractivity contribution in [2.24, 2.45) is 0 Å². The summed E-state index contributed by atoms with van der Waals surface area (Å²) in [6, 6.07) is 4.17. The average Bonchev–Trinajstić information content (AvgIpc) is 2.27. The zero-order chi connectivity index (χ0) is 13.0. The van der Waals surface area contributed by atoms with Crippen LogP contribution in [-0.4, -0.2) is 25.0 Å². The highest BCUT2D eigenvalue weighted by Crippen LogP contribution is 2.21. The number of amides is 1. The first kappa shape index (κ1) is 14.0. The quantitative estimate of drug-likeness (QED) is 0.870. The van der Waals surface area contributed by atoms with Crippen LogP contribution in [0.4, 0.5) is 0 Å². The minimum absolute atomic E-state index is 0.311. The number of benzene rings is 1. The van der Waals surface area contributed by atoms with E-state index in [0.29, 0.717) is 10.6 Å². The van der Waals surface area contributed by atoms with Crippen LogP contribution in [-0.2, 0) is 9.53 Å². The third-order valence-electron chi connectivity index (χ3n) is 2.08. The topological polar surface area (TPSA) is 55.4 Å². The molecule has 1 amide bonds. The van der Waals surface area contributed by atoms with Crippen LogP contribution >= 0.6 is 27.5 Å². The summed E-state index contributed by atoms with van der Waals surface area (Å²) in [6.45, 7) is 1.54. The summed E-state index contributed by atoms with van der Waals surface area (Å²) in [4.78, 5) is 22.9. The van der Waals surface area contributed by atoms with Crippen molar-refractivity contribution in [3.63, 3.8) is 0 Å². The second kappa shape index (κ2) is 6.02. The molecule has 0 bridgehead atoms. The fourth-order valence-corrected chi connectivity index (χ4v) is 1.94. The summed E-state index contributed by atoms with van der Waals surface area (Å²) in [6.07, 6.45) is 0. The number of esters is 1. The highest BCUT2D eigenvalue weighted by atomic mass is 79.9. The summed E-state index contributed by atoms with van der Waals surface area (Å²) in [5, 5.41) is 2.81. The van der Waals surface area contributed by atoms with Crippen LogP contribution in [0, 0.1) is 0 Å². The maximum Gasteiger partial charge on any atom is 0.328 e. The Morgan fingerprint density at radius 2 is 2.12 bits per heavy atom. The molecular formula is C11H11BrClNO3. The number of carbonyl (C=O) groups excluding carboxylic acids is 2. The molecule has 0 aliphatic rings. The Hall–Kier alpha value is -1.07. The van der Waals surface area contributed by atoms with E-state index in [9.17, 15) is 9.59 Å². The zero-order valence-electron chi connectivity index (χ0n) is 9.29. The molecule has 0 spiro atoms. The van der Waals surface area contributed by atoms with E-state index >= 15 is 0 Å². The van der Waals surface area contributed by atoms with Crippen LogP contribution in [0.1, 0.15) is 17.3 Å². The molecule has 0 saturated heterocycles. The second-order valence-electron chi connectivity index (χ2n) is 3.34. The lowest BCUT2D eigenvalue weighted by Crippen LogP contribution is -2.39. The molecule has 1 N–H and O–H groups in total. The molecule has 0 radical (unpaired) electrons. The van der Waals surface area contributed by atoms with Gasteiger partial charge in [-0.3, -0.25) is 4.79 Å². The molecular weight excluding hydrogens is 309 g/mol. The SMILES string of the molecule is COC(=O)C(C)NC(=O)c1ccc(Br)cc1Cl. The van der Waals surface area contributed by atoms with Crippen molar-refractivity contribution in [1.29, 1.82) is 0 Å². The fourth-order valence-electron chi connectivity index (χ4n) is 1.18. The molecule has 1 atom stereocenters. The first-order valence-electron chi connectivity index (χ1n) is 4.79. The number of carbonyl (C=O) groups is 2. The fraction of sp³-hybridized carbons (Fsp3) is 0.273. The van der Waals surface area contributed by atoms with Gasteiger partial charge in [0.15, 0.2) is 0 Å². The summed E-state index contributed by atoms with van der Waals surface area (Å²) in [5.41, 5.74) is 0.311. The van der Waals surface area contributed by atoms with Crippen LogP contribution in [0.25, 0.3) is 0 Å². The van der Waals surface area contributed by atoms with Crippen molar-refractivity contribution in [3.05, 3.63) is 33.3 Å². The molecule has 1 aromatic rings. The number of methoxy groups -OCH3 is 1. The van der Waals surface area contributed by atoms with Crippen molar-refractivity contribution in [1.82, 2.24) is 5.32 Å². The van der Waals surface area contributed by atoms with E-state index in [1.165, 1.54) is 14.0 Å². The molecule has 92 valence electrons. The van der Waals surface area contributed by atoms with Gasteiger partial charge >= 0.3 is 5.97 Å². The van der Waals surface area contributed by atoms with Gasteiger partial charge in [0.25, 0.3) is 5.91 Å². The minimum atomic E-state index is -0.716. The molecule has 0 heterocycles. The smallest absolute Gasteiger partial charge is 0.328 e. The summed E-state index contributed by atoms with van der Waals surface area (Å²) >= 11 is 9.15. The number of hydrogen-bond acceptors (Lipinski definition) is 3. The molecule has 0 saturated carbocycles. The van der Waals surface area contributed by atoms with Crippen molar-refractivity contribution in [2.75, 3.05) is 7.11 Å². The Balaban J connectivity index is 2.80. The molecule has 0 fully saturated rings. The number of halogens is 2. The Labute approximate surface area is 112 Å². The average molecular weight is 321 g/mol.